The molecule has 11 nitrogen and oxygen atoms in total. The predicted molar refractivity (Wildman–Crippen MR) is 130 cm³/mol. The van der Waals surface area contributed by atoms with Gasteiger partial charge in [0.05, 0.1) is 38.5 Å². The van der Waals surface area contributed by atoms with Crippen molar-refractivity contribution in [3.8, 4) is 22.6 Å². The number of halogens is 2. The maximum absolute atomic E-state index is 15.3. The molecule has 2 N–H and O–H groups in total. The van der Waals surface area contributed by atoms with E-state index < -0.39 is 11.6 Å². The van der Waals surface area contributed by atoms with Gasteiger partial charge in [-0.25, -0.2) is 18.7 Å². The highest BCUT2D eigenvalue weighted by molar-refractivity contribution is 5.90. The maximum atomic E-state index is 15.3. The molecule has 1 aromatic carbocycles. The molecule has 1 aliphatic heterocycles. The topological polar surface area (TPSA) is 125 Å². The monoisotopic (exact) mass is 511 g/mol. The number of nitrogens with one attached hydrogen (secondary N) is 2. The molecule has 0 aliphatic carbocycles. The fourth-order valence-corrected chi connectivity index (χ4v) is 4.29. The van der Waals surface area contributed by atoms with Gasteiger partial charge >= 0.3 is 0 Å². The minimum atomic E-state index is -0.906. The first-order valence-electron chi connectivity index (χ1n) is 11.3. The average molecular weight is 511 g/mol. The van der Waals surface area contributed by atoms with Gasteiger partial charge in [-0.05, 0) is 18.6 Å². The van der Waals surface area contributed by atoms with Crippen LogP contribution in [0.2, 0.25) is 0 Å². The van der Waals surface area contributed by atoms with Crippen molar-refractivity contribution in [3.05, 3.63) is 48.9 Å². The molecule has 1 aliphatic rings. The zero-order chi connectivity index (χ0) is 26.1. The van der Waals surface area contributed by atoms with Crippen LogP contribution in [0.4, 0.5) is 14.7 Å². The number of methoxy groups -OCH3 is 2. The summed E-state index contributed by atoms with van der Waals surface area (Å²) in [6.45, 7) is 4.30. The van der Waals surface area contributed by atoms with Crippen LogP contribution >= 0.6 is 0 Å². The van der Waals surface area contributed by atoms with Crippen LogP contribution < -0.4 is 20.1 Å². The fraction of sp³-hybridized carbons (Fsp3) is 0.292. The van der Waals surface area contributed by atoms with Gasteiger partial charge < -0.3 is 24.8 Å². The lowest BCUT2D eigenvalue weighted by molar-refractivity contribution is -0.118. The molecule has 192 valence electrons. The minimum Gasteiger partial charge on any atom is -0.494 e. The summed E-state index contributed by atoms with van der Waals surface area (Å²) in [4.78, 5) is 25.0. The molecule has 4 heterocycles. The predicted octanol–water partition coefficient (Wildman–Crippen LogP) is 2.51. The molecule has 1 amide bonds. The van der Waals surface area contributed by atoms with Gasteiger partial charge in [0.2, 0.25) is 11.9 Å². The van der Waals surface area contributed by atoms with Crippen LogP contribution in [0.5, 0.6) is 11.5 Å². The molecule has 4 aromatic rings. The van der Waals surface area contributed by atoms with Crippen LogP contribution in [-0.4, -0.2) is 70.0 Å². The van der Waals surface area contributed by atoms with Gasteiger partial charge in [0, 0.05) is 29.8 Å². The summed E-state index contributed by atoms with van der Waals surface area (Å²) in [5.74, 6) is -2.21. The lowest BCUT2D eigenvalue weighted by Gasteiger charge is -2.32. The number of carbonyl (C=O) groups is 1. The third-order valence-electron chi connectivity index (χ3n) is 6.11. The summed E-state index contributed by atoms with van der Waals surface area (Å²) in [5, 5.41) is 10.8. The molecule has 0 saturated carbocycles. The third-order valence-corrected chi connectivity index (χ3v) is 6.11. The van der Waals surface area contributed by atoms with Gasteiger partial charge in [0.1, 0.15) is 6.33 Å². The number of pyridine rings is 1. The van der Waals surface area contributed by atoms with E-state index in [1.165, 1.54) is 43.4 Å². The van der Waals surface area contributed by atoms with Crippen molar-refractivity contribution < 1.29 is 27.8 Å². The minimum absolute atomic E-state index is 0.123. The SMILES string of the molecule is C=CC(=O)N[C@@H]1COCC[C@@H]1Nc1ncc2cc(-c3c(F)c(OC)cc(OC)c3F)c3ncnn3c2n1. The lowest BCUT2D eigenvalue weighted by atomic mass is 10.0. The van der Waals surface area contributed by atoms with E-state index in [2.05, 4.69) is 37.3 Å². The molecule has 5 rings (SSSR count). The number of amides is 1. The molecule has 0 radical (unpaired) electrons. The third kappa shape index (κ3) is 4.37. The van der Waals surface area contributed by atoms with Crippen LogP contribution in [0.15, 0.2) is 37.3 Å². The Balaban J connectivity index is 1.58. The Kier molecular flexibility index (Phi) is 6.53. The number of fused-ring (bicyclic) bond motifs is 3. The molecule has 13 heteroatoms. The van der Waals surface area contributed by atoms with Crippen LogP contribution in [0.3, 0.4) is 0 Å². The van der Waals surface area contributed by atoms with Gasteiger partial charge in [-0.15, -0.1) is 0 Å². The summed E-state index contributed by atoms with van der Waals surface area (Å²) in [5.41, 5.74) is 0.287. The number of aromatic nitrogens is 5. The largest absolute Gasteiger partial charge is 0.494 e. The molecule has 2 atom stereocenters. The van der Waals surface area contributed by atoms with Crippen molar-refractivity contribution in [3.63, 3.8) is 0 Å². The molecular formula is C24H23F2N7O4. The van der Waals surface area contributed by atoms with Crippen molar-refractivity contribution >= 4 is 28.5 Å². The van der Waals surface area contributed by atoms with Gasteiger partial charge in [-0.2, -0.15) is 14.6 Å². The Morgan fingerprint density at radius 3 is 2.62 bits per heavy atom. The quantitative estimate of drug-likeness (QED) is 0.360. The molecular weight excluding hydrogens is 488 g/mol. The smallest absolute Gasteiger partial charge is 0.243 e. The highest BCUT2D eigenvalue weighted by Crippen LogP contribution is 2.39. The standard InChI is InChI=1S/C24H23F2N7O4/c1-4-18(34)30-15-10-37-6-5-14(15)31-24-27-9-12-7-13(23-28-11-29-33(23)22(12)32-24)19-20(25)16(35-2)8-17(36-3)21(19)26/h4,7-9,11,14-15H,1,5-6,10H2,2-3H3,(H,30,34)(H,27,31,32)/t14-,15+/m0/s1. The molecule has 1 saturated heterocycles. The molecule has 0 unspecified atom stereocenters. The maximum Gasteiger partial charge on any atom is 0.243 e. The number of rotatable bonds is 7. The first-order valence-corrected chi connectivity index (χ1v) is 11.3. The van der Waals surface area contributed by atoms with Crippen LogP contribution in [-0.2, 0) is 9.53 Å². The summed E-state index contributed by atoms with van der Waals surface area (Å²) >= 11 is 0. The van der Waals surface area contributed by atoms with Gasteiger partial charge in [0.15, 0.2) is 34.4 Å². The Morgan fingerprint density at radius 2 is 1.92 bits per heavy atom. The van der Waals surface area contributed by atoms with E-state index in [-0.39, 0.29) is 52.2 Å². The average Bonchev–Trinajstić information content (AvgIpc) is 3.41. The molecule has 1 fully saturated rings. The highest BCUT2D eigenvalue weighted by Gasteiger charge is 2.28. The van der Waals surface area contributed by atoms with E-state index in [0.29, 0.717) is 30.7 Å². The Morgan fingerprint density at radius 1 is 1.16 bits per heavy atom. The van der Waals surface area contributed by atoms with E-state index in [0.717, 1.165) is 6.07 Å². The van der Waals surface area contributed by atoms with Crippen molar-refractivity contribution in [2.24, 2.45) is 0 Å². The zero-order valence-corrected chi connectivity index (χ0v) is 20.0. The van der Waals surface area contributed by atoms with Gasteiger partial charge in [0.25, 0.3) is 0 Å². The number of hydrogen-bond acceptors (Lipinski definition) is 9. The van der Waals surface area contributed by atoms with E-state index in [1.54, 1.807) is 0 Å². The Bertz CT molecular complexity index is 1480. The van der Waals surface area contributed by atoms with Crippen molar-refractivity contribution in [1.29, 1.82) is 0 Å². The normalized spacial score (nSPS) is 17.5. The lowest BCUT2D eigenvalue weighted by Crippen LogP contribution is -2.52. The van der Waals surface area contributed by atoms with E-state index in [4.69, 9.17) is 14.2 Å². The number of carbonyl (C=O) groups excluding carboxylic acids is 1. The van der Waals surface area contributed by atoms with E-state index >= 15 is 8.78 Å². The number of benzene rings is 1. The summed E-state index contributed by atoms with van der Waals surface area (Å²) in [6, 6.07) is 2.15. The molecule has 0 spiro atoms. The van der Waals surface area contributed by atoms with Crippen molar-refractivity contribution in [1.82, 2.24) is 29.9 Å². The first kappa shape index (κ1) is 24.3. The molecule has 37 heavy (non-hydrogen) atoms. The van der Waals surface area contributed by atoms with Crippen LogP contribution in [0, 0.1) is 11.6 Å². The number of hydrogen-bond donors (Lipinski definition) is 2. The summed E-state index contributed by atoms with van der Waals surface area (Å²) in [7, 11) is 2.56. The Hall–Kier alpha value is -4.39. The number of ether oxygens (including phenoxy) is 3. The Labute approximate surface area is 209 Å². The zero-order valence-electron chi connectivity index (χ0n) is 20.0. The summed E-state index contributed by atoms with van der Waals surface area (Å²) < 4.78 is 47.6. The van der Waals surface area contributed by atoms with E-state index in [1.807, 2.05) is 0 Å². The first-order chi connectivity index (χ1) is 17.9. The summed E-state index contributed by atoms with van der Waals surface area (Å²) in [6.07, 6.45) is 4.58. The second-order valence-electron chi connectivity index (χ2n) is 8.24. The van der Waals surface area contributed by atoms with Crippen LogP contribution in [0.1, 0.15) is 6.42 Å². The number of anilines is 1. The second-order valence-corrected chi connectivity index (χ2v) is 8.24. The molecule has 0 bridgehead atoms. The van der Waals surface area contributed by atoms with Crippen LogP contribution in [0.25, 0.3) is 27.8 Å². The fourth-order valence-electron chi connectivity index (χ4n) is 4.29. The number of nitrogens with zero attached hydrogens (tertiary/aromatic N) is 5. The van der Waals surface area contributed by atoms with Crippen molar-refractivity contribution in [2.45, 2.75) is 18.5 Å². The van der Waals surface area contributed by atoms with Gasteiger partial charge in [-0.3, -0.25) is 4.79 Å². The highest BCUT2D eigenvalue weighted by atomic mass is 19.1. The van der Waals surface area contributed by atoms with E-state index in [9.17, 15) is 4.79 Å². The van der Waals surface area contributed by atoms with Gasteiger partial charge in [-0.1, -0.05) is 6.58 Å². The molecule has 3 aromatic heterocycles. The second kappa shape index (κ2) is 9.93. The van der Waals surface area contributed by atoms with Crippen molar-refractivity contribution in [2.75, 3.05) is 32.8 Å².